The number of carbonyl (C=O) groups is 2. The van der Waals surface area contributed by atoms with Crippen molar-refractivity contribution in [2.75, 3.05) is 39.2 Å². The highest BCUT2D eigenvalue weighted by Gasteiger charge is 2.28. The molecule has 0 fully saturated rings. The molecule has 8 heteroatoms. The van der Waals surface area contributed by atoms with Crippen molar-refractivity contribution in [3.8, 4) is 5.75 Å². The molecule has 1 aliphatic rings. The summed E-state index contributed by atoms with van der Waals surface area (Å²) in [7, 11) is 5.12. The molecule has 2 amide bonds. The van der Waals surface area contributed by atoms with Crippen molar-refractivity contribution in [3.05, 3.63) is 23.8 Å². The Hall–Kier alpha value is -2.38. The smallest absolute Gasteiger partial charge is 0.255 e. The van der Waals surface area contributed by atoms with Crippen molar-refractivity contribution in [1.82, 2.24) is 10.2 Å². The minimum Gasteiger partial charge on any atom is -0.489 e. The fourth-order valence-corrected chi connectivity index (χ4v) is 2.47. The number of anilines is 1. The number of benzene rings is 1. The fraction of sp³-hybridized carbons (Fsp3) is 0.500. The van der Waals surface area contributed by atoms with Gasteiger partial charge in [-0.05, 0) is 18.2 Å². The van der Waals surface area contributed by atoms with E-state index in [1.54, 1.807) is 39.3 Å². The van der Waals surface area contributed by atoms with Gasteiger partial charge >= 0.3 is 0 Å². The minimum atomic E-state index is -2.57. The summed E-state index contributed by atoms with van der Waals surface area (Å²) in [6.45, 7) is -0.388. The summed E-state index contributed by atoms with van der Waals surface area (Å²) in [5, 5.41) is 2.19. The molecule has 1 heterocycles. The van der Waals surface area contributed by atoms with Gasteiger partial charge in [-0.2, -0.15) is 0 Å². The highest BCUT2D eigenvalue weighted by molar-refractivity contribution is 5.95. The first-order valence-corrected chi connectivity index (χ1v) is 7.55. The molecule has 0 radical (unpaired) electrons. The first kappa shape index (κ1) is 18.0. The number of carbonyl (C=O) groups excluding carboxylic acids is 2. The Kier molecular flexibility index (Phi) is 5.58. The maximum absolute atomic E-state index is 12.1. The lowest BCUT2D eigenvalue weighted by molar-refractivity contribution is -0.122. The molecule has 0 bridgehead atoms. The highest BCUT2D eigenvalue weighted by atomic mass is 19.3. The summed E-state index contributed by atoms with van der Waals surface area (Å²) >= 11 is 0. The molecular weight excluding hydrogens is 320 g/mol. The second-order valence-corrected chi connectivity index (χ2v) is 5.86. The van der Waals surface area contributed by atoms with Crippen molar-refractivity contribution in [2.45, 2.75) is 18.9 Å². The third kappa shape index (κ3) is 4.12. The number of nitrogens with zero attached hydrogens (tertiary/aromatic N) is 2. The maximum Gasteiger partial charge on any atom is 0.255 e. The molecule has 1 aliphatic heterocycles. The lowest BCUT2D eigenvalue weighted by atomic mass is 10.1. The van der Waals surface area contributed by atoms with Crippen LogP contribution in [0.4, 0.5) is 14.5 Å². The van der Waals surface area contributed by atoms with Crippen LogP contribution in [0.15, 0.2) is 18.2 Å². The third-order valence-electron chi connectivity index (χ3n) is 3.85. The van der Waals surface area contributed by atoms with Crippen LogP contribution in [-0.4, -0.2) is 63.5 Å². The number of fused-ring (bicyclic) bond motifs is 1. The molecule has 1 unspecified atom stereocenters. The predicted molar refractivity (Wildman–Crippen MR) is 85.8 cm³/mol. The van der Waals surface area contributed by atoms with Crippen LogP contribution in [0.5, 0.6) is 5.75 Å². The van der Waals surface area contributed by atoms with Crippen molar-refractivity contribution in [1.29, 1.82) is 0 Å². The SMILES string of the molecule is CN(C)C(=O)c1ccc2c(c1)N(C)C(CC(=O)NCC(F)F)CO2. The Labute approximate surface area is 139 Å². The molecule has 24 heavy (non-hydrogen) atoms. The van der Waals surface area contributed by atoms with Gasteiger partial charge in [-0.3, -0.25) is 9.59 Å². The lowest BCUT2D eigenvalue weighted by Gasteiger charge is -2.35. The van der Waals surface area contributed by atoms with E-state index in [-0.39, 0.29) is 25.0 Å². The van der Waals surface area contributed by atoms with Crippen molar-refractivity contribution >= 4 is 17.5 Å². The lowest BCUT2D eigenvalue weighted by Crippen LogP contribution is -2.44. The van der Waals surface area contributed by atoms with E-state index in [9.17, 15) is 18.4 Å². The number of alkyl halides is 2. The number of rotatable bonds is 5. The Morgan fingerprint density at radius 3 is 2.75 bits per heavy atom. The van der Waals surface area contributed by atoms with Crippen LogP contribution in [0, 0.1) is 0 Å². The molecule has 0 spiro atoms. The van der Waals surface area contributed by atoms with Gasteiger partial charge in [0.1, 0.15) is 12.4 Å². The number of halogens is 2. The monoisotopic (exact) mass is 341 g/mol. The van der Waals surface area contributed by atoms with E-state index in [2.05, 4.69) is 5.32 Å². The maximum atomic E-state index is 12.1. The van der Waals surface area contributed by atoms with Crippen LogP contribution < -0.4 is 15.0 Å². The van der Waals surface area contributed by atoms with Crippen LogP contribution in [0.1, 0.15) is 16.8 Å². The van der Waals surface area contributed by atoms with Gasteiger partial charge in [-0.15, -0.1) is 0 Å². The van der Waals surface area contributed by atoms with Gasteiger partial charge in [0, 0.05) is 26.7 Å². The number of hydrogen-bond donors (Lipinski definition) is 1. The van der Waals surface area contributed by atoms with Gasteiger partial charge in [0.15, 0.2) is 0 Å². The topological polar surface area (TPSA) is 61.9 Å². The first-order valence-electron chi connectivity index (χ1n) is 7.55. The highest BCUT2D eigenvalue weighted by Crippen LogP contribution is 2.34. The van der Waals surface area contributed by atoms with E-state index in [1.807, 2.05) is 4.90 Å². The van der Waals surface area contributed by atoms with Crippen LogP contribution in [0.25, 0.3) is 0 Å². The minimum absolute atomic E-state index is 0.0362. The normalized spacial score (nSPS) is 16.4. The molecule has 132 valence electrons. The number of nitrogens with one attached hydrogen (secondary N) is 1. The van der Waals surface area contributed by atoms with E-state index in [4.69, 9.17) is 4.74 Å². The summed E-state index contributed by atoms with van der Waals surface area (Å²) < 4.78 is 29.9. The van der Waals surface area contributed by atoms with Gasteiger partial charge in [0.2, 0.25) is 5.91 Å². The zero-order valence-electron chi connectivity index (χ0n) is 13.9. The molecular formula is C16H21F2N3O3. The summed E-state index contributed by atoms with van der Waals surface area (Å²) in [6, 6.07) is 4.82. The summed E-state index contributed by atoms with van der Waals surface area (Å²) in [6.07, 6.45) is -2.54. The fourth-order valence-electron chi connectivity index (χ4n) is 2.47. The first-order chi connectivity index (χ1) is 11.3. The molecule has 0 saturated heterocycles. The van der Waals surface area contributed by atoms with E-state index < -0.39 is 18.9 Å². The van der Waals surface area contributed by atoms with E-state index in [1.165, 1.54) is 4.90 Å². The molecule has 0 aromatic heterocycles. The molecule has 0 aliphatic carbocycles. The summed E-state index contributed by atoms with van der Waals surface area (Å²) in [5.41, 5.74) is 1.21. The third-order valence-corrected chi connectivity index (χ3v) is 3.85. The van der Waals surface area contributed by atoms with Gasteiger partial charge in [-0.1, -0.05) is 0 Å². The number of likely N-dealkylation sites (N-methyl/N-ethyl adjacent to an activating group) is 1. The Bertz CT molecular complexity index is 623. The Balaban J connectivity index is 2.10. The Morgan fingerprint density at radius 2 is 2.12 bits per heavy atom. The molecule has 1 aromatic rings. The molecule has 0 saturated carbocycles. The second kappa shape index (κ2) is 7.46. The van der Waals surface area contributed by atoms with Crippen LogP contribution >= 0.6 is 0 Å². The van der Waals surface area contributed by atoms with E-state index >= 15 is 0 Å². The van der Waals surface area contributed by atoms with Gasteiger partial charge in [0.05, 0.1) is 24.7 Å². The largest absolute Gasteiger partial charge is 0.489 e. The molecule has 2 rings (SSSR count). The molecule has 1 aromatic carbocycles. The summed E-state index contributed by atoms with van der Waals surface area (Å²) in [4.78, 5) is 27.1. The number of ether oxygens (including phenoxy) is 1. The van der Waals surface area contributed by atoms with Crippen LogP contribution in [-0.2, 0) is 4.79 Å². The Morgan fingerprint density at radius 1 is 1.42 bits per heavy atom. The van der Waals surface area contributed by atoms with Crippen molar-refractivity contribution in [3.63, 3.8) is 0 Å². The number of hydrogen-bond acceptors (Lipinski definition) is 4. The van der Waals surface area contributed by atoms with Crippen molar-refractivity contribution in [2.24, 2.45) is 0 Å². The quantitative estimate of drug-likeness (QED) is 0.878. The molecule has 1 atom stereocenters. The average Bonchev–Trinajstić information content (AvgIpc) is 2.54. The van der Waals surface area contributed by atoms with Gasteiger partial charge in [-0.25, -0.2) is 8.78 Å². The van der Waals surface area contributed by atoms with Crippen molar-refractivity contribution < 1.29 is 23.1 Å². The number of amides is 2. The van der Waals surface area contributed by atoms with Gasteiger partial charge in [0.25, 0.3) is 12.3 Å². The standard InChI is InChI=1S/C16H21F2N3O3/c1-20(2)16(23)10-4-5-13-12(6-10)21(3)11(9-24-13)7-15(22)19-8-14(17)18/h4-6,11,14H,7-9H2,1-3H3,(H,19,22). The van der Waals surface area contributed by atoms with E-state index in [0.29, 0.717) is 17.0 Å². The second-order valence-electron chi connectivity index (χ2n) is 5.86. The predicted octanol–water partition coefficient (Wildman–Crippen LogP) is 1.36. The van der Waals surface area contributed by atoms with Crippen LogP contribution in [0.2, 0.25) is 0 Å². The van der Waals surface area contributed by atoms with Gasteiger partial charge < -0.3 is 19.9 Å². The molecule has 6 nitrogen and oxygen atoms in total. The zero-order chi connectivity index (χ0) is 17.9. The summed E-state index contributed by atoms with van der Waals surface area (Å²) in [5.74, 6) is 0.0276. The van der Waals surface area contributed by atoms with E-state index in [0.717, 1.165) is 0 Å². The average molecular weight is 341 g/mol. The molecule has 1 N–H and O–H groups in total. The zero-order valence-corrected chi connectivity index (χ0v) is 13.9. The van der Waals surface area contributed by atoms with Crippen LogP contribution in [0.3, 0.4) is 0 Å².